The lowest BCUT2D eigenvalue weighted by Crippen LogP contribution is -2.61. The van der Waals surface area contributed by atoms with Crippen LogP contribution < -0.4 is 4.74 Å². The first kappa shape index (κ1) is 26.6. The molecule has 0 amide bonds. The number of hydrogen-bond acceptors (Lipinski definition) is 4. The lowest BCUT2D eigenvalue weighted by molar-refractivity contribution is -0.143. The van der Waals surface area contributed by atoms with Crippen molar-refractivity contribution in [2.24, 2.45) is 0 Å². The fourth-order valence-corrected chi connectivity index (χ4v) is 5.00. The van der Waals surface area contributed by atoms with Crippen molar-refractivity contribution in [1.82, 2.24) is 4.90 Å². The summed E-state index contributed by atoms with van der Waals surface area (Å²) in [5.74, 6) is 0.00934. The molecule has 1 saturated heterocycles. The summed E-state index contributed by atoms with van der Waals surface area (Å²) in [6, 6.07) is 27.2. The highest BCUT2D eigenvalue weighted by molar-refractivity contribution is 5.86. The van der Waals surface area contributed by atoms with Crippen LogP contribution in [0.15, 0.2) is 97.6 Å². The van der Waals surface area contributed by atoms with E-state index < -0.39 is 11.4 Å². The van der Waals surface area contributed by atoms with Crippen molar-refractivity contribution >= 4 is 5.97 Å². The van der Waals surface area contributed by atoms with Crippen LogP contribution in [0.2, 0.25) is 0 Å². The van der Waals surface area contributed by atoms with Gasteiger partial charge >= 0.3 is 5.97 Å². The maximum atomic E-state index is 12.9. The normalized spacial score (nSPS) is 14.6. The standard InChI is InChI=1S/C32H37NO4/c1-4-21-36-28-17-15-25(16-18-28)24-37-29-22-33(23-29)31(2,3)19-20-32(30(34)35,26-11-7-5-8-12-26)27-13-9-6-10-14-27/h4-18,29H,1,19-24H2,2-3H3,(H,34,35). The van der Waals surface area contributed by atoms with Crippen molar-refractivity contribution in [2.45, 2.75) is 50.4 Å². The second kappa shape index (κ2) is 11.8. The first-order chi connectivity index (χ1) is 17.8. The molecule has 0 radical (unpaired) electrons. The van der Waals surface area contributed by atoms with Gasteiger partial charge in [-0.15, -0.1) is 0 Å². The van der Waals surface area contributed by atoms with Gasteiger partial charge in [0.05, 0.1) is 12.7 Å². The number of hydrogen-bond donors (Lipinski definition) is 1. The van der Waals surface area contributed by atoms with Gasteiger partial charge in [0.2, 0.25) is 0 Å². The van der Waals surface area contributed by atoms with Gasteiger partial charge in [0.25, 0.3) is 0 Å². The van der Waals surface area contributed by atoms with Gasteiger partial charge in [-0.3, -0.25) is 9.69 Å². The summed E-state index contributed by atoms with van der Waals surface area (Å²) in [5, 5.41) is 10.6. The van der Waals surface area contributed by atoms with Crippen LogP contribution in [0.4, 0.5) is 0 Å². The van der Waals surface area contributed by atoms with Crippen molar-refractivity contribution in [3.63, 3.8) is 0 Å². The van der Waals surface area contributed by atoms with E-state index in [0.717, 1.165) is 42.0 Å². The molecule has 0 atom stereocenters. The maximum Gasteiger partial charge on any atom is 0.318 e. The van der Waals surface area contributed by atoms with Crippen LogP contribution in [0.5, 0.6) is 5.75 Å². The molecule has 3 aromatic carbocycles. The van der Waals surface area contributed by atoms with Gasteiger partial charge in [-0.1, -0.05) is 85.5 Å². The predicted octanol–water partition coefficient (Wildman–Crippen LogP) is 6.08. The van der Waals surface area contributed by atoms with Crippen LogP contribution in [-0.2, 0) is 21.6 Å². The molecule has 5 heteroatoms. The Labute approximate surface area is 220 Å². The largest absolute Gasteiger partial charge is 0.490 e. The number of carboxylic acids is 1. The lowest BCUT2D eigenvalue weighted by Gasteiger charge is -2.50. The molecule has 1 aliphatic rings. The van der Waals surface area contributed by atoms with E-state index in [1.54, 1.807) is 6.08 Å². The number of rotatable bonds is 13. The molecule has 0 spiro atoms. The minimum atomic E-state index is -1.10. The fourth-order valence-electron chi connectivity index (χ4n) is 5.00. The third-order valence-electron chi connectivity index (χ3n) is 7.49. The first-order valence-corrected chi connectivity index (χ1v) is 12.9. The van der Waals surface area contributed by atoms with Crippen molar-refractivity contribution in [1.29, 1.82) is 0 Å². The topological polar surface area (TPSA) is 59.0 Å². The van der Waals surface area contributed by atoms with Crippen molar-refractivity contribution in [3.05, 3.63) is 114 Å². The van der Waals surface area contributed by atoms with E-state index in [4.69, 9.17) is 9.47 Å². The molecule has 0 saturated carbocycles. The Morgan fingerprint density at radius 3 is 2.03 bits per heavy atom. The molecule has 0 bridgehead atoms. The average Bonchev–Trinajstić information content (AvgIpc) is 2.88. The highest BCUT2D eigenvalue weighted by atomic mass is 16.5. The van der Waals surface area contributed by atoms with E-state index in [9.17, 15) is 9.90 Å². The van der Waals surface area contributed by atoms with E-state index >= 15 is 0 Å². The second-order valence-electron chi connectivity index (χ2n) is 10.3. The van der Waals surface area contributed by atoms with E-state index in [2.05, 4.69) is 25.3 Å². The highest BCUT2D eigenvalue weighted by Crippen LogP contribution is 2.40. The molecule has 1 heterocycles. The Morgan fingerprint density at radius 2 is 1.51 bits per heavy atom. The molecule has 3 aromatic rings. The SMILES string of the molecule is C=CCOc1ccc(COC2CN(C(C)(C)CCC(C(=O)O)(c3ccccc3)c3ccccc3)C2)cc1. The number of nitrogens with zero attached hydrogens (tertiary/aromatic N) is 1. The number of aliphatic carboxylic acids is 1. The second-order valence-corrected chi connectivity index (χ2v) is 10.3. The van der Waals surface area contributed by atoms with Crippen molar-refractivity contribution in [2.75, 3.05) is 19.7 Å². The third-order valence-corrected chi connectivity index (χ3v) is 7.49. The first-order valence-electron chi connectivity index (χ1n) is 12.9. The van der Waals surface area contributed by atoms with Gasteiger partial charge in [-0.05, 0) is 55.5 Å². The summed E-state index contributed by atoms with van der Waals surface area (Å²) < 4.78 is 11.7. The fraction of sp³-hybridized carbons (Fsp3) is 0.344. The Balaban J connectivity index is 1.37. The predicted molar refractivity (Wildman–Crippen MR) is 147 cm³/mol. The van der Waals surface area contributed by atoms with Crippen molar-refractivity contribution in [3.8, 4) is 5.75 Å². The lowest BCUT2D eigenvalue weighted by atomic mass is 9.69. The summed E-state index contributed by atoms with van der Waals surface area (Å²) in [4.78, 5) is 15.3. The zero-order chi connectivity index (χ0) is 26.3. The monoisotopic (exact) mass is 499 g/mol. The molecule has 1 N–H and O–H groups in total. The Morgan fingerprint density at radius 1 is 0.946 bits per heavy atom. The Kier molecular flexibility index (Phi) is 8.47. The van der Waals surface area contributed by atoms with Gasteiger partial charge in [-0.2, -0.15) is 0 Å². The smallest absolute Gasteiger partial charge is 0.318 e. The highest BCUT2D eigenvalue weighted by Gasteiger charge is 2.45. The van der Waals surface area contributed by atoms with Gasteiger partial charge < -0.3 is 14.6 Å². The summed E-state index contributed by atoms with van der Waals surface area (Å²) in [6.07, 6.45) is 3.14. The van der Waals surface area contributed by atoms with Crippen LogP contribution in [0.1, 0.15) is 43.4 Å². The van der Waals surface area contributed by atoms with Crippen LogP contribution in [0.3, 0.4) is 0 Å². The summed E-state index contributed by atoms with van der Waals surface area (Å²) in [6.45, 7) is 10.8. The van der Waals surface area contributed by atoms with Crippen molar-refractivity contribution < 1.29 is 19.4 Å². The van der Waals surface area contributed by atoms with Crippen LogP contribution in [0, 0.1) is 0 Å². The molecule has 194 valence electrons. The molecule has 0 aliphatic carbocycles. The van der Waals surface area contributed by atoms with Gasteiger partial charge in [0, 0.05) is 18.6 Å². The van der Waals surface area contributed by atoms with Gasteiger partial charge in [0.1, 0.15) is 17.8 Å². The van der Waals surface area contributed by atoms with E-state index in [1.807, 2.05) is 84.9 Å². The van der Waals surface area contributed by atoms with Gasteiger partial charge in [0.15, 0.2) is 0 Å². The van der Waals surface area contributed by atoms with E-state index in [1.165, 1.54) is 0 Å². The Bertz CT molecular complexity index is 1110. The summed E-state index contributed by atoms with van der Waals surface area (Å²) in [5.41, 5.74) is 1.49. The zero-order valence-corrected chi connectivity index (χ0v) is 21.8. The molecule has 0 aromatic heterocycles. The zero-order valence-electron chi connectivity index (χ0n) is 21.8. The number of benzene rings is 3. The van der Waals surface area contributed by atoms with E-state index in [-0.39, 0.29) is 11.6 Å². The molecule has 4 rings (SSSR count). The van der Waals surface area contributed by atoms with Gasteiger partial charge in [-0.25, -0.2) is 0 Å². The number of ether oxygens (including phenoxy) is 2. The van der Waals surface area contributed by atoms with Crippen LogP contribution >= 0.6 is 0 Å². The number of carbonyl (C=O) groups is 1. The third kappa shape index (κ3) is 6.12. The number of likely N-dealkylation sites (tertiary alicyclic amines) is 1. The number of carboxylic acid groups (broad SMARTS) is 1. The molecule has 1 aliphatic heterocycles. The quantitative estimate of drug-likeness (QED) is 0.289. The molecule has 37 heavy (non-hydrogen) atoms. The Hall–Kier alpha value is -3.41. The molecule has 1 fully saturated rings. The molecular formula is C32H37NO4. The average molecular weight is 500 g/mol. The molecular weight excluding hydrogens is 462 g/mol. The molecule has 0 unspecified atom stereocenters. The summed E-state index contributed by atoms with van der Waals surface area (Å²) >= 11 is 0. The summed E-state index contributed by atoms with van der Waals surface area (Å²) in [7, 11) is 0. The minimum Gasteiger partial charge on any atom is -0.490 e. The van der Waals surface area contributed by atoms with Crippen LogP contribution in [0.25, 0.3) is 0 Å². The minimum absolute atomic E-state index is 0.158. The molecule has 5 nitrogen and oxygen atoms in total. The van der Waals surface area contributed by atoms with E-state index in [0.29, 0.717) is 19.6 Å². The maximum absolute atomic E-state index is 12.9. The van der Waals surface area contributed by atoms with Crippen LogP contribution in [-0.4, -0.2) is 47.3 Å².